The zero-order valence-electron chi connectivity index (χ0n) is 12.6. The van der Waals surface area contributed by atoms with Gasteiger partial charge in [-0.25, -0.2) is 17.5 Å². The van der Waals surface area contributed by atoms with E-state index in [0.717, 1.165) is 0 Å². The van der Waals surface area contributed by atoms with Gasteiger partial charge in [-0.1, -0.05) is 0 Å². The third kappa shape index (κ3) is 3.30. The molecule has 1 aromatic carbocycles. The van der Waals surface area contributed by atoms with Gasteiger partial charge in [-0.05, 0) is 24.6 Å². The van der Waals surface area contributed by atoms with Crippen LogP contribution >= 0.6 is 0 Å². The number of oxazole rings is 1. The molecular formula is C14H17N3O5S. The van der Waals surface area contributed by atoms with E-state index in [1.165, 1.54) is 10.6 Å². The Labute approximate surface area is 132 Å². The maximum Gasteiger partial charge on any atom is 0.417 e. The molecular weight excluding hydrogens is 322 g/mol. The van der Waals surface area contributed by atoms with Crippen molar-refractivity contribution in [2.75, 3.05) is 32.4 Å². The molecule has 1 N–H and O–H groups in total. The molecule has 1 saturated heterocycles. The summed E-state index contributed by atoms with van der Waals surface area (Å²) in [5.41, 5.74) is 1.29. The van der Waals surface area contributed by atoms with Crippen LogP contribution in [0.2, 0.25) is 0 Å². The van der Waals surface area contributed by atoms with Gasteiger partial charge >= 0.3 is 5.76 Å². The van der Waals surface area contributed by atoms with Crippen LogP contribution in [0.25, 0.3) is 11.1 Å². The molecule has 0 bridgehead atoms. The second-order valence-corrected chi connectivity index (χ2v) is 7.52. The summed E-state index contributed by atoms with van der Waals surface area (Å²) in [7, 11) is -3.25. The van der Waals surface area contributed by atoms with E-state index >= 15 is 0 Å². The number of hydrogen-bond donors (Lipinski definition) is 1. The van der Waals surface area contributed by atoms with Crippen molar-refractivity contribution in [3.05, 3.63) is 34.3 Å². The molecule has 23 heavy (non-hydrogen) atoms. The van der Waals surface area contributed by atoms with Gasteiger partial charge in [-0.15, -0.1) is 0 Å². The third-order valence-corrected chi connectivity index (χ3v) is 5.18. The zero-order valence-corrected chi connectivity index (χ0v) is 13.4. The highest BCUT2D eigenvalue weighted by Gasteiger charge is 2.24. The Balaban J connectivity index is 1.80. The van der Waals surface area contributed by atoms with E-state index < -0.39 is 15.8 Å². The first-order valence-electron chi connectivity index (χ1n) is 7.22. The van der Waals surface area contributed by atoms with Crippen LogP contribution in [0.5, 0.6) is 0 Å². The minimum absolute atomic E-state index is 0.190. The van der Waals surface area contributed by atoms with Crippen molar-refractivity contribution < 1.29 is 17.6 Å². The molecule has 0 spiro atoms. The fourth-order valence-electron chi connectivity index (χ4n) is 2.70. The maximum atomic E-state index is 12.6. The lowest BCUT2D eigenvalue weighted by Gasteiger charge is -2.21. The molecule has 0 radical (unpaired) electrons. The molecule has 8 nitrogen and oxygen atoms in total. The molecule has 1 amide bonds. The molecule has 0 atom stereocenters. The second kappa shape index (κ2) is 5.82. The molecule has 1 aliphatic heterocycles. The van der Waals surface area contributed by atoms with Gasteiger partial charge in [0.25, 0.3) is 5.91 Å². The van der Waals surface area contributed by atoms with E-state index in [-0.39, 0.29) is 12.5 Å². The van der Waals surface area contributed by atoms with Crippen LogP contribution in [0, 0.1) is 0 Å². The lowest BCUT2D eigenvalue weighted by Crippen LogP contribution is -2.36. The maximum absolute atomic E-state index is 12.6. The van der Waals surface area contributed by atoms with E-state index in [2.05, 4.69) is 4.98 Å². The van der Waals surface area contributed by atoms with Crippen molar-refractivity contribution in [2.45, 2.75) is 6.42 Å². The fraction of sp³-hybridized carbons (Fsp3) is 0.429. The quantitative estimate of drug-likeness (QED) is 0.843. The number of rotatable bonds is 2. The third-order valence-electron chi connectivity index (χ3n) is 3.88. The summed E-state index contributed by atoms with van der Waals surface area (Å²) >= 11 is 0. The number of carbonyl (C=O) groups is 1. The van der Waals surface area contributed by atoms with Crippen LogP contribution in [0.15, 0.2) is 27.4 Å². The average molecular weight is 339 g/mol. The lowest BCUT2D eigenvalue weighted by molar-refractivity contribution is 0.0764. The molecule has 1 fully saturated rings. The highest BCUT2D eigenvalue weighted by Crippen LogP contribution is 2.16. The summed E-state index contributed by atoms with van der Waals surface area (Å²) in [4.78, 5) is 27.9. The highest BCUT2D eigenvalue weighted by atomic mass is 32.2. The van der Waals surface area contributed by atoms with Crippen LogP contribution in [0.3, 0.4) is 0 Å². The molecule has 0 unspecified atom stereocenters. The second-order valence-electron chi connectivity index (χ2n) is 5.53. The Morgan fingerprint density at radius 1 is 1.22 bits per heavy atom. The minimum Gasteiger partial charge on any atom is -0.408 e. The summed E-state index contributed by atoms with van der Waals surface area (Å²) in [5, 5.41) is 0. The van der Waals surface area contributed by atoms with Gasteiger partial charge in [0.2, 0.25) is 10.0 Å². The number of carbonyl (C=O) groups excluding carboxylic acids is 1. The first kappa shape index (κ1) is 15.8. The number of benzene rings is 1. The van der Waals surface area contributed by atoms with E-state index in [0.29, 0.717) is 42.7 Å². The van der Waals surface area contributed by atoms with Gasteiger partial charge in [-0.3, -0.25) is 9.78 Å². The van der Waals surface area contributed by atoms with Crippen molar-refractivity contribution in [3.8, 4) is 0 Å². The molecule has 9 heteroatoms. The number of sulfonamides is 1. The van der Waals surface area contributed by atoms with Crippen LogP contribution < -0.4 is 5.76 Å². The molecule has 3 rings (SSSR count). The number of nitrogens with zero attached hydrogens (tertiary/aromatic N) is 2. The largest absolute Gasteiger partial charge is 0.417 e. The van der Waals surface area contributed by atoms with Gasteiger partial charge in [0, 0.05) is 31.7 Å². The predicted octanol–water partition coefficient (Wildman–Crippen LogP) is 0.229. The van der Waals surface area contributed by atoms with Crippen molar-refractivity contribution >= 4 is 27.0 Å². The average Bonchev–Trinajstić information content (AvgIpc) is 2.70. The molecule has 0 aliphatic carbocycles. The smallest absolute Gasteiger partial charge is 0.408 e. The zero-order chi connectivity index (χ0) is 16.6. The molecule has 2 aromatic rings. The number of amides is 1. The topological polar surface area (TPSA) is 104 Å². The molecule has 1 aromatic heterocycles. The number of nitrogens with one attached hydrogen (secondary N) is 1. The standard InChI is InChI=1S/C14H17N3O5S/c1-23(20,21)17-6-2-5-16(7-8-17)13(18)10-3-4-12-11(9-10)15-14(19)22-12/h3-4,9H,2,5-8H2,1H3,(H,15,19). The van der Waals surface area contributed by atoms with Crippen LogP contribution in [-0.2, 0) is 10.0 Å². The molecule has 124 valence electrons. The predicted molar refractivity (Wildman–Crippen MR) is 83.8 cm³/mol. The van der Waals surface area contributed by atoms with Gasteiger partial charge in [0.05, 0.1) is 11.8 Å². The SMILES string of the molecule is CS(=O)(=O)N1CCCN(C(=O)c2ccc3oc(=O)[nH]c3c2)CC1. The number of aromatic amines is 1. The number of aromatic nitrogens is 1. The summed E-state index contributed by atoms with van der Waals surface area (Å²) in [5.74, 6) is -0.757. The summed E-state index contributed by atoms with van der Waals surface area (Å²) in [6.07, 6.45) is 1.76. The van der Waals surface area contributed by atoms with Gasteiger partial charge < -0.3 is 9.32 Å². The normalized spacial score (nSPS) is 17.3. The highest BCUT2D eigenvalue weighted by molar-refractivity contribution is 7.88. The summed E-state index contributed by atoms with van der Waals surface area (Å²) in [6, 6.07) is 4.74. The van der Waals surface area contributed by atoms with E-state index in [4.69, 9.17) is 4.42 Å². The van der Waals surface area contributed by atoms with E-state index in [9.17, 15) is 18.0 Å². The van der Waals surface area contributed by atoms with E-state index in [1.54, 1.807) is 23.1 Å². The van der Waals surface area contributed by atoms with Crippen molar-refractivity contribution in [1.82, 2.24) is 14.2 Å². The summed E-state index contributed by atoms with van der Waals surface area (Å²) in [6.45, 7) is 1.53. The van der Waals surface area contributed by atoms with Gasteiger partial charge in [-0.2, -0.15) is 0 Å². The fourth-order valence-corrected chi connectivity index (χ4v) is 3.57. The Morgan fingerprint density at radius 2 is 2.00 bits per heavy atom. The molecule has 2 heterocycles. The lowest BCUT2D eigenvalue weighted by atomic mass is 10.1. The number of hydrogen-bond acceptors (Lipinski definition) is 5. The Morgan fingerprint density at radius 3 is 2.74 bits per heavy atom. The van der Waals surface area contributed by atoms with Crippen molar-refractivity contribution in [1.29, 1.82) is 0 Å². The van der Waals surface area contributed by atoms with Gasteiger partial charge in [0.15, 0.2) is 5.58 Å². The van der Waals surface area contributed by atoms with Gasteiger partial charge in [0.1, 0.15) is 0 Å². The summed E-state index contributed by atoms with van der Waals surface area (Å²) < 4.78 is 29.5. The minimum atomic E-state index is -3.25. The Hall–Kier alpha value is -2.13. The molecule has 1 aliphatic rings. The van der Waals surface area contributed by atoms with Crippen molar-refractivity contribution in [3.63, 3.8) is 0 Å². The first-order chi connectivity index (χ1) is 10.8. The monoisotopic (exact) mass is 339 g/mol. The number of H-pyrrole nitrogens is 1. The first-order valence-corrected chi connectivity index (χ1v) is 9.07. The Kier molecular flexibility index (Phi) is 3.99. The Bertz CT molecular complexity index is 899. The van der Waals surface area contributed by atoms with E-state index in [1.807, 2.05) is 0 Å². The van der Waals surface area contributed by atoms with Crippen LogP contribution in [-0.4, -0.2) is 60.9 Å². The molecule has 0 saturated carbocycles. The number of fused-ring (bicyclic) bond motifs is 1. The van der Waals surface area contributed by atoms with Crippen molar-refractivity contribution in [2.24, 2.45) is 0 Å². The van der Waals surface area contributed by atoms with Crippen LogP contribution in [0.4, 0.5) is 0 Å². The van der Waals surface area contributed by atoms with Crippen LogP contribution in [0.1, 0.15) is 16.8 Å².